The number of nitrogens with one attached hydrogen (secondary N) is 1. The second kappa shape index (κ2) is 6.74. The lowest BCUT2D eigenvalue weighted by molar-refractivity contribution is -0.159. The average molecular weight is 355 g/mol. The van der Waals surface area contributed by atoms with Crippen molar-refractivity contribution >= 4 is 5.97 Å². The second-order valence-electron chi connectivity index (χ2n) is 7.89. The molecule has 6 heteroatoms. The van der Waals surface area contributed by atoms with E-state index in [1.807, 2.05) is 18.2 Å². The lowest BCUT2D eigenvalue weighted by atomic mass is 9.52. The summed E-state index contributed by atoms with van der Waals surface area (Å²) < 4.78 is 5.85. The molecule has 0 atom stereocenters. The number of fused-ring (bicyclic) bond motifs is 3. The third kappa shape index (κ3) is 3.20. The van der Waals surface area contributed by atoms with Gasteiger partial charge in [0.1, 0.15) is 5.75 Å². The first-order chi connectivity index (χ1) is 12.6. The van der Waals surface area contributed by atoms with Crippen LogP contribution < -0.4 is 4.74 Å². The van der Waals surface area contributed by atoms with Gasteiger partial charge >= 0.3 is 5.97 Å². The number of nitrogens with zero attached hydrogens (tertiary/aromatic N) is 2. The van der Waals surface area contributed by atoms with Gasteiger partial charge in [0.05, 0.1) is 29.6 Å². The number of aromatic amines is 1. The molecular weight excluding hydrogens is 330 g/mol. The summed E-state index contributed by atoms with van der Waals surface area (Å²) in [6.45, 7) is 0.677. The van der Waals surface area contributed by atoms with Gasteiger partial charge in [0.25, 0.3) is 0 Å². The average Bonchev–Trinajstić information content (AvgIpc) is 3.22. The molecule has 2 aromatic heterocycles. The largest absolute Gasteiger partial charge is 0.492 e. The highest BCUT2D eigenvalue weighted by molar-refractivity contribution is 5.75. The molecule has 26 heavy (non-hydrogen) atoms. The van der Waals surface area contributed by atoms with E-state index in [4.69, 9.17) is 4.74 Å². The van der Waals surface area contributed by atoms with Crippen LogP contribution in [0.4, 0.5) is 0 Å². The molecule has 3 saturated carbocycles. The number of aliphatic carboxylic acids is 1. The summed E-state index contributed by atoms with van der Waals surface area (Å²) in [5, 5.41) is 16.3. The number of aromatic nitrogens is 3. The zero-order chi connectivity index (χ0) is 18.0. The van der Waals surface area contributed by atoms with Crippen molar-refractivity contribution in [2.75, 3.05) is 6.61 Å². The molecule has 0 saturated heterocycles. The van der Waals surface area contributed by atoms with Crippen LogP contribution in [0.2, 0.25) is 0 Å². The van der Waals surface area contributed by atoms with Crippen molar-refractivity contribution in [3.05, 3.63) is 30.6 Å². The highest BCUT2D eigenvalue weighted by Crippen LogP contribution is 2.58. The monoisotopic (exact) mass is 355 g/mol. The van der Waals surface area contributed by atoms with Gasteiger partial charge in [0, 0.05) is 6.20 Å². The minimum Gasteiger partial charge on any atom is -0.492 e. The minimum absolute atomic E-state index is 0.350. The van der Waals surface area contributed by atoms with Crippen molar-refractivity contribution in [1.29, 1.82) is 0 Å². The number of carbonyl (C=O) groups is 1. The summed E-state index contributed by atoms with van der Waals surface area (Å²) in [7, 11) is 0. The summed E-state index contributed by atoms with van der Waals surface area (Å²) >= 11 is 0. The van der Waals surface area contributed by atoms with Crippen LogP contribution >= 0.6 is 0 Å². The van der Waals surface area contributed by atoms with Gasteiger partial charge in [-0.25, -0.2) is 0 Å². The van der Waals surface area contributed by atoms with E-state index in [9.17, 15) is 9.90 Å². The highest BCUT2D eigenvalue weighted by Gasteiger charge is 2.52. The number of rotatable bonds is 7. The lowest BCUT2D eigenvalue weighted by Gasteiger charge is -2.51. The normalized spacial score (nSPS) is 27.4. The molecule has 2 N–H and O–H groups in total. The van der Waals surface area contributed by atoms with Crippen molar-refractivity contribution in [1.82, 2.24) is 15.2 Å². The Morgan fingerprint density at radius 1 is 1.15 bits per heavy atom. The number of carboxylic acids is 1. The number of carboxylic acid groups (broad SMARTS) is 1. The highest BCUT2D eigenvalue weighted by atomic mass is 16.5. The third-order valence-corrected chi connectivity index (χ3v) is 6.49. The van der Waals surface area contributed by atoms with Crippen molar-refractivity contribution in [3.8, 4) is 17.1 Å². The van der Waals surface area contributed by atoms with E-state index in [1.165, 1.54) is 0 Å². The first-order valence-electron chi connectivity index (χ1n) is 9.43. The molecule has 138 valence electrons. The second-order valence-corrected chi connectivity index (χ2v) is 7.89. The Morgan fingerprint density at radius 2 is 1.92 bits per heavy atom. The number of hydrogen-bond acceptors (Lipinski definition) is 4. The van der Waals surface area contributed by atoms with E-state index in [1.54, 1.807) is 12.4 Å². The van der Waals surface area contributed by atoms with Crippen molar-refractivity contribution in [3.63, 3.8) is 0 Å². The van der Waals surface area contributed by atoms with Gasteiger partial charge in [-0.1, -0.05) is 0 Å². The standard InChI is InChI=1S/C20H25N3O3/c24-18(25)20-9-6-19(7-10-20,8-11-20)5-1-13-26-15-2-3-16(21-14-15)17-4-12-22-23-17/h2-4,12,14H,1,5-11,13H2,(H,22,23)(H,24,25). The van der Waals surface area contributed by atoms with E-state index in [2.05, 4.69) is 15.2 Å². The molecule has 2 bridgehead atoms. The van der Waals surface area contributed by atoms with Crippen LogP contribution in [-0.2, 0) is 4.79 Å². The SMILES string of the molecule is O=C(O)C12CCC(CCCOc3ccc(-c4ccn[nH]4)nc3)(CC1)CC2. The van der Waals surface area contributed by atoms with Crippen LogP contribution in [-0.4, -0.2) is 32.9 Å². The summed E-state index contributed by atoms with van der Waals surface area (Å²) in [4.78, 5) is 15.9. The Morgan fingerprint density at radius 3 is 2.50 bits per heavy atom. The van der Waals surface area contributed by atoms with Gasteiger partial charge in [-0.2, -0.15) is 5.10 Å². The summed E-state index contributed by atoms with van der Waals surface area (Å²) in [5.74, 6) is 0.197. The van der Waals surface area contributed by atoms with Gasteiger partial charge < -0.3 is 9.84 Å². The van der Waals surface area contributed by atoms with Gasteiger partial charge in [0.15, 0.2) is 0 Å². The molecule has 3 aliphatic rings. The maximum Gasteiger partial charge on any atom is 0.309 e. The smallest absolute Gasteiger partial charge is 0.309 e. The first-order valence-corrected chi connectivity index (χ1v) is 9.43. The third-order valence-electron chi connectivity index (χ3n) is 6.49. The number of ether oxygens (including phenoxy) is 1. The maximum atomic E-state index is 11.5. The van der Waals surface area contributed by atoms with Crippen molar-refractivity contribution < 1.29 is 14.6 Å². The number of pyridine rings is 1. The van der Waals surface area contributed by atoms with Crippen molar-refractivity contribution in [2.45, 2.75) is 51.4 Å². The van der Waals surface area contributed by atoms with Crippen LogP contribution in [0.1, 0.15) is 51.4 Å². The number of hydrogen-bond donors (Lipinski definition) is 2. The predicted octanol–water partition coefficient (Wildman–Crippen LogP) is 4.06. The molecule has 0 spiro atoms. The molecule has 0 amide bonds. The summed E-state index contributed by atoms with van der Waals surface area (Å²) in [6, 6.07) is 5.74. The fourth-order valence-corrected chi connectivity index (χ4v) is 4.62. The maximum absolute atomic E-state index is 11.5. The zero-order valence-electron chi connectivity index (χ0n) is 14.9. The van der Waals surface area contributed by atoms with Crippen LogP contribution in [0.25, 0.3) is 11.4 Å². The summed E-state index contributed by atoms with van der Waals surface area (Å²) in [6.07, 6.45) is 11.3. The lowest BCUT2D eigenvalue weighted by Crippen LogP contribution is -2.45. The van der Waals surface area contributed by atoms with Gasteiger partial charge in [-0.3, -0.25) is 14.9 Å². The molecule has 0 aliphatic heterocycles. The fraction of sp³-hybridized carbons (Fsp3) is 0.550. The summed E-state index contributed by atoms with van der Waals surface area (Å²) in [5.41, 5.74) is 1.67. The Balaban J connectivity index is 1.24. The molecule has 6 nitrogen and oxygen atoms in total. The Bertz CT molecular complexity index is 731. The molecule has 5 rings (SSSR count). The van der Waals surface area contributed by atoms with E-state index >= 15 is 0 Å². The Labute approximate surface area is 153 Å². The van der Waals surface area contributed by atoms with E-state index < -0.39 is 11.4 Å². The van der Waals surface area contributed by atoms with Gasteiger partial charge in [-0.15, -0.1) is 0 Å². The minimum atomic E-state index is -0.583. The molecule has 0 radical (unpaired) electrons. The van der Waals surface area contributed by atoms with E-state index in [0.717, 1.165) is 68.5 Å². The molecule has 2 aromatic rings. The van der Waals surface area contributed by atoms with E-state index in [0.29, 0.717) is 12.0 Å². The fourth-order valence-electron chi connectivity index (χ4n) is 4.62. The molecule has 2 heterocycles. The number of H-pyrrole nitrogens is 1. The molecule has 0 unspecified atom stereocenters. The Kier molecular flexibility index (Phi) is 4.42. The van der Waals surface area contributed by atoms with Crippen molar-refractivity contribution in [2.24, 2.45) is 10.8 Å². The van der Waals surface area contributed by atoms with Crippen LogP contribution in [0.5, 0.6) is 5.75 Å². The van der Waals surface area contributed by atoms with Crippen LogP contribution in [0.15, 0.2) is 30.6 Å². The van der Waals surface area contributed by atoms with Crippen LogP contribution in [0.3, 0.4) is 0 Å². The molecule has 3 aliphatic carbocycles. The van der Waals surface area contributed by atoms with E-state index in [-0.39, 0.29) is 0 Å². The predicted molar refractivity (Wildman–Crippen MR) is 96.8 cm³/mol. The molecule has 0 aromatic carbocycles. The zero-order valence-corrected chi connectivity index (χ0v) is 14.9. The molecular formula is C20H25N3O3. The first kappa shape index (κ1) is 17.1. The quantitative estimate of drug-likeness (QED) is 0.731. The topological polar surface area (TPSA) is 88.1 Å². The van der Waals surface area contributed by atoms with Gasteiger partial charge in [0.2, 0.25) is 0 Å². The molecule has 3 fully saturated rings. The van der Waals surface area contributed by atoms with Gasteiger partial charge in [-0.05, 0) is 75.0 Å². The van der Waals surface area contributed by atoms with Crippen LogP contribution in [0, 0.1) is 10.8 Å². The Hall–Kier alpha value is -2.37.